The molecule has 0 saturated heterocycles. The second kappa shape index (κ2) is 6.74. The summed E-state index contributed by atoms with van der Waals surface area (Å²) in [5.41, 5.74) is 2.24. The summed E-state index contributed by atoms with van der Waals surface area (Å²) in [6.07, 6.45) is 1.83. The molecule has 2 rings (SSSR count). The van der Waals surface area contributed by atoms with Gasteiger partial charge in [-0.1, -0.05) is 6.07 Å². The van der Waals surface area contributed by atoms with Crippen LogP contribution in [0.25, 0.3) is 0 Å². The first kappa shape index (κ1) is 12.5. The van der Waals surface area contributed by atoms with E-state index in [0.717, 1.165) is 27.9 Å². The number of pyridine rings is 1. The molecule has 0 unspecified atom stereocenters. The number of ether oxygens (including phenoxy) is 1. The van der Waals surface area contributed by atoms with E-state index in [1.54, 1.807) is 18.4 Å². The third-order valence-electron chi connectivity index (χ3n) is 2.09. The third-order valence-corrected chi connectivity index (χ3v) is 3.96. The van der Waals surface area contributed by atoms with E-state index < -0.39 is 0 Å². The van der Waals surface area contributed by atoms with Crippen molar-refractivity contribution in [2.24, 2.45) is 0 Å². The maximum absolute atomic E-state index is 5.05. The predicted octanol–water partition coefficient (Wildman–Crippen LogP) is 3.12. The van der Waals surface area contributed by atoms with Crippen LogP contribution in [-0.4, -0.2) is 17.1 Å². The average Bonchev–Trinajstić information content (AvgIpc) is 2.79. The van der Waals surface area contributed by atoms with Crippen molar-refractivity contribution in [3.8, 4) is 0 Å². The summed E-state index contributed by atoms with van der Waals surface area (Å²) in [5.74, 6) is 1.86. The first-order valence-corrected chi connectivity index (χ1v) is 7.32. The van der Waals surface area contributed by atoms with Crippen molar-refractivity contribution in [2.75, 3.05) is 7.11 Å². The molecular formula is C12H14N2OS2. The maximum Gasteiger partial charge on any atom is 0.119 e. The minimum atomic E-state index is 0.607. The number of aromatic nitrogens is 2. The zero-order valence-corrected chi connectivity index (χ0v) is 11.3. The fourth-order valence-electron chi connectivity index (χ4n) is 1.35. The van der Waals surface area contributed by atoms with Crippen molar-refractivity contribution in [3.63, 3.8) is 0 Å². The van der Waals surface area contributed by atoms with Gasteiger partial charge >= 0.3 is 0 Å². The van der Waals surface area contributed by atoms with Gasteiger partial charge in [0, 0.05) is 30.2 Å². The number of thiazole rings is 1. The molecule has 0 aliphatic rings. The molecule has 2 aromatic rings. The van der Waals surface area contributed by atoms with Crippen LogP contribution in [0.4, 0.5) is 0 Å². The second-order valence-corrected chi connectivity index (χ2v) is 5.41. The number of hydrogen-bond acceptors (Lipinski definition) is 5. The van der Waals surface area contributed by atoms with Gasteiger partial charge in [-0.15, -0.1) is 23.1 Å². The Morgan fingerprint density at radius 1 is 1.29 bits per heavy atom. The fourth-order valence-corrected chi connectivity index (χ4v) is 3.06. The van der Waals surface area contributed by atoms with E-state index in [4.69, 9.17) is 4.74 Å². The zero-order chi connectivity index (χ0) is 11.9. The van der Waals surface area contributed by atoms with E-state index in [1.807, 2.05) is 36.2 Å². The summed E-state index contributed by atoms with van der Waals surface area (Å²) in [5, 5.41) is 3.14. The highest BCUT2D eigenvalue weighted by Gasteiger charge is 2.02. The second-order valence-electron chi connectivity index (χ2n) is 3.48. The van der Waals surface area contributed by atoms with Gasteiger partial charge in [0.05, 0.1) is 18.0 Å². The number of methoxy groups -OCH3 is 1. The molecular weight excluding hydrogens is 252 g/mol. The smallest absolute Gasteiger partial charge is 0.119 e. The standard InChI is InChI=1S/C12H14N2OS2/c1-15-6-12-14-11(9-17-12)8-16-7-10-4-2-3-5-13-10/h2-5,9H,6-8H2,1H3. The molecule has 3 nitrogen and oxygen atoms in total. The summed E-state index contributed by atoms with van der Waals surface area (Å²) < 4.78 is 5.05. The van der Waals surface area contributed by atoms with E-state index >= 15 is 0 Å². The van der Waals surface area contributed by atoms with Gasteiger partial charge in [-0.2, -0.15) is 0 Å². The summed E-state index contributed by atoms with van der Waals surface area (Å²) in [6, 6.07) is 6.00. The molecule has 2 heterocycles. The molecule has 0 aromatic carbocycles. The zero-order valence-electron chi connectivity index (χ0n) is 9.63. The predicted molar refractivity (Wildman–Crippen MR) is 72.1 cm³/mol. The SMILES string of the molecule is COCc1nc(CSCc2ccccn2)cs1. The summed E-state index contributed by atoms with van der Waals surface area (Å²) in [7, 11) is 1.69. The molecule has 17 heavy (non-hydrogen) atoms. The van der Waals surface area contributed by atoms with Gasteiger partial charge in [0.25, 0.3) is 0 Å². The molecule has 0 radical (unpaired) electrons. The van der Waals surface area contributed by atoms with Crippen molar-refractivity contribution >= 4 is 23.1 Å². The Bertz CT molecular complexity index is 445. The summed E-state index contributed by atoms with van der Waals surface area (Å²) >= 11 is 3.49. The lowest BCUT2D eigenvalue weighted by Gasteiger charge is -1.98. The van der Waals surface area contributed by atoms with Crippen LogP contribution in [0.5, 0.6) is 0 Å². The maximum atomic E-state index is 5.05. The van der Waals surface area contributed by atoms with Crippen molar-refractivity contribution < 1.29 is 4.74 Å². The molecule has 0 N–H and O–H groups in total. The van der Waals surface area contributed by atoms with Crippen molar-refractivity contribution in [1.82, 2.24) is 9.97 Å². The third kappa shape index (κ3) is 4.11. The van der Waals surface area contributed by atoms with E-state index in [9.17, 15) is 0 Å². The first-order chi connectivity index (χ1) is 8.38. The lowest BCUT2D eigenvalue weighted by molar-refractivity contribution is 0.184. The lowest BCUT2D eigenvalue weighted by Crippen LogP contribution is -1.89. The molecule has 0 saturated carbocycles. The molecule has 5 heteroatoms. The first-order valence-electron chi connectivity index (χ1n) is 5.28. The molecule has 0 fully saturated rings. The van der Waals surface area contributed by atoms with E-state index in [1.165, 1.54) is 0 Å². The fraction of sp³-hybridized carbons (Fsp3) is 0.333. The van der Waals surface area contributed by atoms with Crippen LogP contribution >= 0.6 is 23.1 Å². The minimum absolute atomic E-state index is 0.607. The highest BCUT2D eigenvalue weighted by molar-refractivity contribution is 7.97. The van der Waals surface area contributed by atoms with Crippen LogP contribution in [0.2, 0.25) is 0 Å². The summed E-state index contributed by atoms with van der Waals surface area (Å²) in [6.45, 7) is 0.607. The number of rotatable bonds is 6. The van der Waals surface area contributed by atoms with Gasteiger partial charge in [-0.25, -0.2) is 4.98 Å². The van der Waals surface area contributed by atoms with Crippen LogP contribution in [0.15, 0.2) is 29.8 Å². The van der Waals surface area contributed by atoms with Gasteiger partial charge in [-0.05, 0) is 12.1 Å². The quantitative estimate of drug-likeness (QED) is 0.804. The Morgan fingerprint density at radius 3 is 2.94 bits per heavy atom. The highest BCUT2D eigenvalue weighted by atomic mass is 32.2. The van der Waals surface area contributed by atoms with E-state index in [-0.39, 0.29) is 0 Å². The van der Waals surface area contributed by atoms with E-state index in [0.29, 0.717) is 6.61 Å². The van der Waals surface area contributed by atoms with Crippen LogP contribution in [0, 0.1) is 0 Å². The van der Waals surface area contributed by atoms with Crippen molar-refractivity contribution in [3.05, 3.63) is 46.2 Å². The van der Waals surface area contributed by atoms with Crippen LogP contribution < -0.4 is 0 Å². The molecule has 0 amide bonds. The van der Waals surface area contributed by atoms with Gasteiger partial charge in [-0.3, -0.25) is 4.98 Å². The van der Waals surface area contributed by atoms with Crippen LogP contribution in [0.3, 0.4) is 0 Å². The Morgan fingerprint density at radius 2 is 2.18 bits per heavy atom. The molecule has 0 atom stereocenters. The number of thioether (sulfide) groups is 1. The normalized spacial score (nSPS) is 10.6. The molecule has 2 aromatic heterocycles. The molecule has 0 bridgehead atoms. The molecule has 90 valence electrons. The van der Waals surface area contributed by atoms with Crippen molar-refractivity contribution in [2.45, 2.75) is 18.1 Å². The topological polar surface area (TPSA) is 35.0 Å². The van der Waals surface area contributed by atoms with Crippen molar-refractivity contribution in [1.29, 1.82) is 0 Å². The number of nitrogens with zero attached hydrogens (tertiary/aromatic N) is 2. The molecule has 0 aliphatic heterocycles. The largest absolute Gasteiger partial charge is 0.378 e. The Balaban J connectivity index is 1.78. The monoisotopic (exact) mass is 266 g/mol. The molecule has 0 aliphatic carbocycles. The van der Waals surface area contributed by atoms with Gasteiger partial charge in [0.15, 0.2) is 0 Å². The molecule has 0 spiro atoms. The Hall–Kier alpha value is -0.910. The van der Waals surface area contributed by atoms with Gasteiger partial charge < -0.3 is 4.74 Å². The van der Waals surface area contributed by atoms with E-state index in [2.05, 4.69) is 15.3 Å². The lowest BCUT2D eigenvalue weighted by atomic mass is 10.4. The summed E-state index contributed by atoms with van der Waals surface area (Å²) in [4.78, 5) is 8.77. The average molecular weight is 266 g/mol. The Labute approximate surface area is 109 Å². The van der Waals surface area contributed by atoms with Gasteiger partial charge in [0.1, 0.15) is 5.01 Å². The Kier molecular flexibility index (Phi) is 4.97. The van der Waals surface area contributed by atoms with Crippen LogP contribution in [0.1, 0.15) is 16.4 Å². The van der Waals surface area contributed by atoms with Gasteiger partial charge in [0.2, 0.25) is 0 Å². The van der Waals surface area contributed by atoms with Crippen LogP contribution in [-0.2, 0) is 22.8 Å². The number of hydrogen-bond donors (Lipinski definition) is 0. The minimum Gasteiger partial charge on any atom is -0.378 e. The highest BCUT2D eigenvalue weighted by Crippen LogP contribution is 2.18.